The van der Waals surface area contributed by atoms with Crippen LogP contribution in [0.2, 0.25) is 0 Å². The minimum atomic E-state index is -0.939. The van der Waals surface area contributed by atoms with Gasteiger partial charge in [-0.1, -0.05) is 6.92 Å². The van der Waals surface area contributed by atoms with E-state index in [1.807, 2.05) is 0 Å². The average Bonchev–Trinajstić information content (AvgIpc) is 2.89. The predicted molar refractivity (Wildman–Crippen MR) is 80.5 cm³/mol. The number of nitro benzene ring substituents is 1. The summed E-state index contributed by atoms with van der Waals surface area (Å²) in [4.78, 5) is 35.5. The van der Waals surface area contributed by atoms with Crippen LogP contribution in [0.5, 0.6) is 5.75 Å². The van der Waals surface area contributed by atoms with Crippen LogP contribution in [0, 0.1) is 22.0 Å². The second kappa shape index (κ2) is 6.64. The van der Waals surface area contributed by atoms with Gasteiger partial charge >= 0.3 is 11.7 Å². The van der Waals surface area contributed by atoms with E-state index < -0.39 is 22.7 Å². The zero-order chi connectivity index (χ0) is 17.1. The van der Waals surface area contributed by atoms with Gasteiger partial charge in [-0.2, -0.15) is 0 Å². The highest BCUT2D eigenvalue weighted by Gasteiger charge is 2.37. The van der Waals surface area contributed by atoms with E-state index in [0.29, 0.717) is 6.54 Å². The van der Waals surface area contributed by atoms with Crippen LogP contribution in [0.25, 0.3) is 0 Å². The lowest BCUT2D eigenvalue weighted by Gasteiger charge is -2.16. The maximum absolute atomic E-state index is 12.5. The number of amides is 1. The fourth-order valence-corrected chi connectivity index (χ4v) is 2.71. The third-order valence-corrected chi connectivity index (χ3v) is 3.92. The van der Waals surface area contributed by atoms with E-state index >= 15 is 0 Å². The van der Waals surface area contributed by atoms with E-state index in [1.54, 1.807) is 13.8 Å². The smallest absolute Gasteiger partial charge is 0.311 e. The number of hydrogen-bond donors (Lipinski definition) is 1. The third-order valence-electron chi connectivity index (χ3n) is 3.92. The summed E-state index contributed by atoms with van der Waals surface area (Å²) in [5.74, 6) is -2.02. The van der Waals surface area contributed by atoms with Crippen LogP contribution >= 0.6 is 0 Å². The Morgan fingerprint density at radius 1 is 1.43 bits per heavy atom. The lowest BCUT2D eigenvalue weighted by molar-refractivity contribution is -0.385. The standard InChI is InChI=1S/C15H18N2O6/c1-3-23-13-5-4-10(6-12(13)17(21)22)14(18)16-7-9(2)11(8-16)15(19)20/h4-6,9,11H,3,7-8H2,1-2H3,(H,19,20)/t9-,11-/m1/s1. The predicted octanol–water partition coefficient (Wildman–Crippen LogP) is 1.79. The maximum atomic E-state index is 12.5. The molecule has 8 heteroatoms. The molecule has 1 aromatic carbocycles. The number of carboxylic acid groups (broad SMARTS) is 1. The fraction of sp³-hybridized carbons (Fsp3) is 0.467. The van der Waals surface area contributed by atoms with Gasteiger partial charge in [0.15, 0.2) is 5.75 Å². The van der Waals surface area contributed by atoms with E-state index in [4.69, 9.17) is 9.84 Å². The summed E-state index contributed by atoms with van der Waals surface area (Å²) in [6.45, 7) is 4.18. The average molecular weight is 322 g/mol. The molecule has 124 valence electrons. The van der Waals surface area contributed by atoms with E-state index in [0.717, 1.165) is 0 Å². The highest BCUT2D eigenvalue weighted by molar-refractivity contribution is 5.95. The maximum Gasteiger partial charge on any atom is 0.311 e. The van der Waals surface area contributed by atoms with Crippen molar-refractivity contribution in [3.8, 4) is 5.75 Å². The minimum absolute atomic E-state index is 0.104. The number of nitrogens with zero attached hydrogens (tertiary/aromatic N) is 2. The number of ether oxygens (including phenoxy) is 1. The summed E-state index contributed by atoms with van der Waals surface area (Å²) in [7, 11) is 0. The first-order valence-electron chi connectivity index (χ1n) is 7.28. The molecule has 0 aromatic heterocycles. The lowest BCUT2D eigenvalue weighted by atomic mass is 9.99. The third kappa shape index (κ3) is 3.41. The minimum Gasteiger partial charge on any atom is -0.487 e. The van der Waals surface area contributed by atoms with Gasteiger partial charge in [-0.15, -0.1) is 0 Å². The van der Waals surface area contributed by atoms with Crippen LogP contribution in [0.1, 0.15) is 24.2 Å². The van der Waals surface area contributed by atoms with Crippen molar-refractivity contribution in [1.29, 1.82) is 0 Å². The molecule has 0 saturated carbocycles. The zero-order valence-electron chi connectivity index (χ0n) is 12.9. The highest BCUT2D eigenvalue weighted by Crippen LogP contribution is 2.30. The molecule has 8 nitrogen and oxygen atoms in total. The van der Waals surface area contributed by atoms with Gasteiger partial charge in [0.2, 0.25) is 0 Å². The van der Waals surface area contributed by atoms with E-state index in [9.17, 15) is 19.7 Å². The molecule has 1 aliphatic heterocycles. The van der Waals surface area contributed by atoms with Crippen LogP contribution in [0.4, 0.5) is 5.69 Å². The van der Waals surface area contributed by atoms with Crippen LogP contribution in [0.15, 0.2) is 18.2 Å². The largest absolute Gasteiger partial charge is 0.487 e. The van der Waals surface area contributed by atoms with Gasteiger partial charge in [-0.3, -0.25) is 19.7 Å². The lowest BCUT2D eigenvalue weighted by Crippen LogP contribution is -2.30. The Morgan fingerprint density at radius 3 is 2.65 bits per heavy atom. The second-order valence-electron chi connectivity index (χ2n) is 5.50. The molecule has 1 N–H and O–H groups in total. The van der Waals surface area contributed by atoms with Crippen molar-refractivity contribution in [3.63, 3.8) is 0 Å². The first kappa shape index (κ1) is 16.7. The first-order valence-corrected chi connectivity index (χ1v) is 7.28. The Balaban J connectivity index is 2.25. The molecule has 1 saturated heterocycles. The molecular weight excluding hydrogens is 304 g/mol. The number of carbonyl (C=O) groups excluding carboxylic acids is 1. The summed E-state index contributed by atoms with van der Waals surface area (Å²) in [5, 5.41) is 20.2. The Bertz CT molecular complexity index is 645. The van der Waals surface area contributed by atoms with Crippen molar-refractivity contribution in [2.75, 3.05) is 19.7 Å². The summed E-state index contributed by atoms with van der Waals surface area (Å²) < 4.78 is 5.18. The van der Waals surface area contributed by atoms with Gasteiger partial charge in [0.25, 0.3) is 5.91 Å². The van der Waals surface area contributed by atoms with Crippen LogP contribution in [0.3, 0.4) is 0 Å². The molecule has 1 fully saturated rings. The van der Waals surface area contributed by atoms with Crippen molar-refractivity contribution in [2.24, 2.45) is 11.8 Å². The highest BCUT2D eigenvalue weighted by atomic mass is 16.6. The Hall–Kier alpha value is -2.64. The summed E-state index contributed by atoms with van der Waals surface area (Å²) >= 11 is 0. The van der Waals surface area contributed by atoms with Crippen molar-refractivity contribution in [2.45, 2.75) is 13.8 Å². The molecule has 2 atom stereocenters. The molecule has 0 spiro atoms. The van der Waals surface area contributed by atoms with Gasteiger partial charge in [0.05, 0.1) is 17.4 Å². The number of carboxylic acids is 1. The second-order valence-corrected chi connectivity index (χ2v) is 5.50. The van der Waals surface area contributed by atoms with Gasteiger partial charge < -0.3 is 14.7 Å². The number of rotatable bonds is 5. The molecule has 23 heavy (non-hydrogen) atoms. The molecule has 1 amide bonds. The summed E-state index contributed by atoms with van der Waals surface area (Å²) in [6, 6.07) is 4.02. The fourth-order valence-electron chi connectivity index (χ4n) is 2.71. The van der Waals surface area contributed by atoms with Crippen molar-refractivity contribution in [1.82, 2.24) is 4.90 Å². The first-order chi connectivity index (χ1) is 10.8. The van der Waals surface area contributed by atoms with E-state index in [-0.39, 0.29) is 36.1 Å². The van der Waals surface area contributed by atoms with Gasteiger partial charge in [0.1, 0.15) is 0 Å². The molecular formula is C15H18N2O6. The molecule has 0 bridgehead atoms. The molecule has 0 aliphatic carbocycles. The number of aliphatic carboxylic acids is 1. The Morgan fingerprint density at radius 2 is 2.13 bits per heavy atom. The normalized spacial score (nSPS) is 20.3. The molecule has 0 radical (unpaired) electrons. The molecule has 2 rings (SSSR count). The van der Waals surface area contributed by atoms with Crippen LogP contribution in [-0.2, 0) is 4.79 Å². The van der Waals surface area contributed by atoms with Crippen molar-refractivity contribution < 1.29 is 24.4 Å². The van der Waals surface area contributed by atoms with Gasteiger partial charge in [-0.25, -0.2) is 0 Å². The molecule has 1 aromatic rings. The number of likely N-dealkylation sites (tertiary alicyclic amines) is 1. The topological polar surface area (TPSA) is 110 Å². The number of nitro groups is 1. The Labute approximate surface area is 132 Å². The van der Waals surface area contributed by atoms with E-state index in [2.05, 4.69) is 0 Å². The summed E-state index contributed by atoms with van der Waals surface area (Å²) in [5.41, 5.74) is -0.127. The van der Waals surface area contributed by atoms with Crippen molar-refractivity contribution in [3.05, 3.63) is 33.9 Å². The van der Waals surface area contributed by atoms with Crippen LogP contribution < -0.4 is 4.74 Å². The van der Waals surface area contributed by atoms with Crippen LogP contribution in [-0.4, -0.2) is 46.5 Å². The Kier molecular flexibility index (Phi) is 4.83. The molecule has 0 unspecified atom stereocenters. The SMILES string of the molecule is CCOc1ccc(C(=O)N2C[C@@H](C)[C@H](C(=O)O)C2)cc1[N+](=O)[O-]. The molecule has 1 heterocycles. The monoisotopic (exact) mass is 322 g/mol. The number of benzene rings is 1. The van der Waals surface area contributed by atoms with Gasteiger partial charge in [-0.05, 0) is 25.0 Å². The van der Waals surface area contributed by atoms with E-state index in [1.165, 1.54) is 23.1 Å². The number of hydrogen-bond acceptors (Lipinski definition) is 5. The molecule has 1 aliphatic rings. The number of carbonyl (C=O) groups is 2. The van der Waals surface area contributed by atoms with Gasteiger partial charge in [0, 0.05) is 24.7 Å². The zero-order valence-corrected chi connectivity index (χ0v) is 12.9. The summed E-state index contributed by atoms with van der Waals surface area (Å²) in [6.07, 6.45) is 0. The quantitative estimate of drug-likeness (QED) is 0.653. The van der Waals surface area contributed by atoms with Crippen molar-refractivity contribution >= 4 is 17.6 Å².